The fraction of sp³-hybridized carbons (Fsp3) is 0.708. The highest BCUT2D eigenvalue weighted by Crippen LogP contribution is 2.55. The summed E-state index contributed by atoms with van der Waals surface area (Å²) in [5.74, 6) is -3.08. The van der Waals surface area contributed by atoms with Gasteiger partial charge in [0.1, 0.15) is 5.75 Å². The van der Waals surface area contributed by atoms with Crippen molar-refractivity contribution in [3.05, 3.63) is 29.3 Å². The van der Waals surface area contributed by atoms with Crippen molar-refractivity contribution in [2.24, 2.45) is 16.2 Å². The molecule has 0 heterocycles. The maximum Gasteiger partial charge on any atom is 0.430 e. The summed E-state index contributed by atoms with van der Waals surface area (Å²) in [6.45, 7) is 10.7. The number of esters is 1. The van der Waals surface area contributed by atoms with Crippen LogP contribution in [-0.2, 0) is 16.0 Å². The van der Waals surface area contributed by atoms with Crippen LogP contribution < -0.4 is 4.74 Å². The molecule has 1 aromatic carbocycles. The SMILES string of the molecule is CC(C)(C)CC(C)(C(=O)Oc1cc(C(O)(C(F)(F)F)C(F)(F)F)cc(C(O)(C(F)(F)F)C(F)(F)F)c1)C(C)(C)C. The van der Waals surface area contributed by atoms with Gasteiger partial charge in [0.15, 0.2) is 0 Å². The van der Waals surface area contributed by atoms with Gasteiger partial charge in [-0.2, -0.15) is 52.7 Å². The summed E-state index contributed by atoms with van der Waals surface area (Å²) in [5.41, 5.74) is -20.7. The van der Waals surface area contributed by atoms with Gasteiger partial charge in [-0.15, -0.1) is 0 Å². The number of carbonyl (C=O) groups excluding carboxylic acids is 1. The number of halogens is 12. The number of alkyl halides is 12. The number of benzene rings is 1. The second-order valence-electron chi connectivity index (χ2n) is 11.9. The summed E-state index contributed by atoms with van der Waals surface area (Å²) in [4.78, 5) is 13.2. The Morgan fingerprint density at radius 2 is 0.925 bits per heavy atom. The topological polar surface area (TPSA) is 66.8 Å². The Morgan fingerprint density at radius 3 is 1.15 bits per heavy atom. The monoisotopic (exact) mass is 608 g/mol. The molecule has 0 aromatic heterocycles. The molecule has 1 aromatic rings. The summed E-state index contributed by atoms with van der Waals surface area (Å²) in [6, 6.07) is -1.68. The lowest BCUT2D eigenvalue weighted by Gasteiger charge is -2.43. The molecule has 0 bridgehead atoms. The van der Waals surface area contributed by atoms with Gasteiger partial charge in [-0.3, -0.25) is 4.79 Å². The first kappa shape index (κ1) is 35.8. The molecule has 0 aliphatic rings. The van der Waals surface area contributed by atoms with Gasteiger partial charge in [-0.05, 0) is 42.4 Å². The third-order valence-corrected chi connectivity index (χ3v) is 6.58. The molecule has 0 radical (unpaired) electrons. The molecule has 0 aliphatic heterocycles. The molecule has 2 N–H and O–H groups in total. The Hall–Kier alpha value is -2.23. The first-order chi connectivity index (χ1) is 17.2. The van der Waals surface area contributed by atoms with Crippen LogP contribution in [0.25, 0.3) is 0 Å². The standard InChI is InChI=1S/C24H28F12O4/c1-16(2,3)11-18(7,17(4,5)6)15(37)40-14-9-12(19(38,21(25,26)27)22(28,29)30)8-13(10-14)20(39,23(31,32)33)24(34,35)36/h8-10,38-39H,11H2,1-7H3. The molecule has 0 fully saturated rings. The zero-order valence-corrected chi connectivity index (χ0v) is 22.2. The molecular formula is C24H28F12O4. The number of carbonyl (C=O) groups is 1. The van der Waals surface area contributed by atoms with Crippen LogP contribution in [0.3, 0.4) is 0 Å². The van der Waals surface area contributed by atoms with Crippen molar-refractivity contribution in [3.63, 3.8) is 0 Å². The van der Waals surface area contributed by atoms with Crippen molar-refractivity contribution in [2.45, 2.75) is 90.8 Å². The fourth-order valence-corrected chi connectivity index (χ4v) is 3.98. The maximum atomic E-state index is 13.5. The van der Waals surface area contributed by atoms with Gasteiger partial charge in [0, 0.05) is 11.1 Å². The minimum Gasteiger partial charge on any atom is -0.426 e. The Morgan fingerprint density at radius 1 is 0.625 bits per heavy atom. The largest absolute Gasteiger partial charge is 0.430 e. The van der Waals surface area contributed by atoms with E-state index in [-0.39, 0.29) is 18.6 Å². The highest BCUT2D eigenvalue weighted by Gasteiger charge is 2.74. The van der Waals surface area contributed by atoms with Crippen molar-refractivity contribution in [2.75, 3.05) is 0 Å². The molecule has 16 heteroatoms. The molecular weight excluding hydrogens is 580 g/mol. The van der Waals surface area contributed by atoms with Gasteiger partial charge < -0.3 is 14.9 Å². The minimum atomic E-state index is -6.74. The predicted octanol–water partition coefficient (Wildman–Crippen LogP) is 7.71. The molecule has 0 amide bonds. The normalized spacial score (nSPS) is 16.5. The van der Waals surface area contributed by atoms with Gasteiger partial charge in [0.05, 0.1) is 5.41 Å². The van der Waals surface area contributed by atoms with Gasteiger partial charge >= 0.3 is 30.7 Å². The van der Waals surface area contributed by atoms with Crippen LogP contribution in [0.4, 0.5) is 52.7 Å². The van der Waals surface area contributed by atoms with Crippen LogP contribution in [0.15, 0.2) is 18.2 Å². The van der Waals surface area contributed by atoms with E-state index in [0.717, 1.165) is 0 Å². The molecule has 40 heavy (non-hydrogen) atoms. The van der Waals surface area contributed by atoms with E-state index in [1.807, 2.05) is 0 Å². The fourth-order valence-electron chi connectivity index (χ4n) is 3.98. The van der Waals surface area contributed by atoms with E-state index in [2.05, 4.69) is 0 Å². The zero-order chi connectivity index (χ0) is 32.3. The van der Waals surface area contributed by atoms with Gasteiger partial charge in [0.2, 0.25) is 0 Å². The first-order valence-corrected chi connectivity index (χ1v) is 11.3. The number of rotatable bonds is 5. The Bertz CT molecular complexity index is 1000. The van der Waals surface area contributed by atoms with E-state index in [9.17, 15) is 67.7 Å². The van der Waals surface area contributed by atoms with E-state index < -0.39 is 81.1 Å². The summed E-state index contributed by atoms with van der Waals surface area (Å²) >= 11 is 0. The van der Waals surface area contributed by atoms with Crippen LogP contribution >= 0.6 is 0 Å². The predicted molar refractivity (Wildman–Crippen MR) is 116 cm³/mol. The quantitative estimate of drug-likeness (QED) is 0.204. The van der Waals surface area contributed by atoms with Gasteiger partial charge in [-0.1, -0.05) is 41.5 Å². The molecule has 0 aliphatic carbocycles. The second kappa shape index (κ2) is 9.95. The molecule has 1 unspecified atom stereocenters. The number of ether oxygens (including phenoxy) is 1. The average molecular weight is 608 g/mol. The van der Waals surface area contributed by atoms with E-state index in [0.29, 0.717) is 0 Å². The zero-order valence-electron chi connectivity index (χ0n) is 22.2. The average Bonchev–Trinajstić information content (AvgIpc) is 2.66. The smallest absolute Gasteiger partial charge is 0.426 e. The van der Waals surface area contributed by atoms with Crippen molar-refractivity contribution in [1.29, 1.82) is 0 Å². The molecule has 1 atom stereocenters. The molecule has 0 spiro atoms. The summed E-state index contributed by atoms with van der Waals surface area (Å²) in [5, 5.41) is 19.4. The third kappa shape index (κ3) is 6.31. The van der Waals surface area contributed by atoms with Crippen molar-refractivity contribution in [1.82, 2.24) is 0 Å². The number of hydrogen-bond donors (Lipinski definition) is 2. The van der Waals surface area contributed by atoms with Crippen molar-refractivity contribution >= 4 is 5.97 Å². The highest BCUT2D eigenvalue weighted by atomic mass is 19.4. The minimum absolute atomic E-state index is 0.0705. The van der Waals surface area contributed by atoms with Crippen LogP contribution in [-0.4, -0.2) is 40.9 Å². The molecule has 4 nitrogen and oxygen atoms in total. The van der Waals surface area contributed by atoms with Crippen molar-refractivity contribution < 1.29 is 72.4 Å². The molecule has 232 valence electrons. The Kier molecular flexibility index (Phi) is 8.90. The van der Waals surface area contributed by atoms with Gasteiger partial charge in [0.25, 0.3) is 11.2 Å². The lowest BCUT2D eigenvalue weighted by atomic mass is 9.61. The molecule has 1 rings (SSSR count). The van der Waals surface area contributed by atoms with E-state index >= 15 is 0 Å². The third-order valence-electron chi connectivity index (χ3n) is 6.58. The Labute approximate surface area is 221 Å². The number of aliphatic hydroxyl groups is 2. The van der Waals surface area contributed by atoms with Crippen LogP contribution in [0.1, 0.15) is 66.0 Å². The van der Waals surface area contributed by atoms with Crippen LogP contribution in [0.5, 0.6) is 5.75 Å². The van der Waals surface area contributed by atoms with Crippen molar-refractivity contribution in [3.8, 4) is 5.75 Å². The van der Waals surface area contributed by atoms with Crippen LogP contribution in [0.2, 0.25) is 0 Å². The first-order valence-electron chi connectivity index (χ1n) is 11.3. The van der Waals surface area contributed by atoms with Crippen LogP contribution in [0, 0.1) is 16.2 Å². The highest BCUT2D eigenvalue weighted by molar-refractivity contribution is 5.80. The summed E-state index contributed by atoms with van der Waals surface area (Å²) < 4.78 is 167. The van der Waals surface area contributed by atoms with E-state index in [1.165, 1.54) is 27.7 Å². The molecule has 0 saturated carbocycles. The summed E-state index contributed by atoms with van der Waals surface area (Å²) in [6.07, 6.45) is -27.0. The lowest BCUT2D eigenvalue weighted by molar-refractivity contribution is -0.378. The van der Waals surface area contributed by atoms with E-state index in [4.69, 9.17) is 4.74 Å². The maximum absolute atomic E-state index is 13.5. The molecule has 0 saturated heterocycles. The van der Waals surface area contributed by atoms with Gasteiger partial charge in [-0.25, -0.2) is 0 Å². The lowest BCUT2D eigenvalue weighted by Crippen LogP contribution is -2.55. The number of hydrogen-bond acceptors (Lipinski definition) is 4. The summed E-state index contributed by atoms with van der Waals surface area (Å²) in [7, 11) is 0. The Balaban J connectivity index is 4.18. The van der Waals surface area contributed by atoms with E-state index in [1.54, 1.807) is 20.8 Å². The second-order valence-corrected chi connectivity index (χ2v) is 11.9.